The molecule has 4 nitrogen and oxygen atoms in total. The second-order valence-electron chi connectivity index (χ2n) is 3.16. The van der Waals surface area contributed by atoms with Gasteiger partial charge in [0, 0.05) is 13.1 Å². The zero-order valence-electron chi connectivity index (χ0n) is 6.58. The fourth-order valence-corrected chi connectivity index (χ4v) is 3.14. The summed E-state index contributed by atoms with van der Waals surface area (Å²) < 4.78 is 27.5. The maximum Gasteiger partial charge on any atom is 0.163 e. The highest BCUT2D eigenvalue weighted by Crippen LogP contribution is 2.26. The fraction of sp³-hybridized carbons (Fsp3) is 1.00. The van der Waals surface area contributed by atoms with Gasteiger partial charge in [-0.15, -0.1) is 12.4 Å². The predicted octanol–water partition coefficient (Wildman–Crippen LogP) is -0.805. The predicted molar refractivity (Wildman–Crippen MR) is 47.5 cm³/mol. The lowest BCUT2D eigenvalue weighted by atomic mass is 10.0. The summed E-state index contributed by atoms with van der Waals surface area (Å²) in [6, 6.07) is 0. The Bertz CT molecular complexity index is 260. The first-order valence-electron chi connectivity index (χ1n) is 3.67. The van der Waals surface area contributed by atoms with Crippen molar-refractivity contribution in [3.05, 3.63) is 0 Å². The van der Waals surface area contributed by atoms with E-state index in [1.165, 1.54) is 0 Å². The van der Waals surface area contributed by atoms with Crippen LogP contribution >= 0.6 is 12.4 Å². The number of hydrogen-bond donors (Lipinski definition) is 1. The van der Waals surface area contributed by atoms with Crippen molar-refractivity contribution in [1.82, 2.24) is 5.32 Å². The number of sulfone groups is 1. The van der Waals surface area contributed by atoms with E-state index in [1.807, 2.05) is 0 Å². The molecule has 0 aliphatic carbocycles. The summed E-state index contributed by atoms with van der Waals surface area (Å²) in [4.78, 5) is 0. The summed E-state index contributed by atoms with van der Waals surface area (Å²) in [5.41, 5.74) is 0. The standard InChI is InChI=1S/C6H11NO3S.ClH/c8-11(9)2-1-10-5-6(11)3-7-4-6;/h7H,1-5H2;1H. The summed E-state index contributed by atoms with van der Waals surface area (Å²) in [5.74, 6) is 0.189. The van der Waals surface area contributed by atoms with Gasteiger partial charge in [-0.25, -0.2) is 8.42 Å². The molecule has 0 aromatic rings. The highest BCUT2D eigenvalue weighted by molar-refractivity contribution is 7.93. The lowest BCUT2D eigenvalue weighted by Gasteiger charge is -2.43. The molecule has 0 bridgehead atoms. The van der Waals surface area contributed by atoms with Crippen LogP contribution in [0.5, 0.6) is 0 Å². The second-order valence-corrected chi connectivity index (χ2v) is 5.66. The normalized spacial score (nSPS) is 30.3. The minimum Gasteiger partial charge on any atom is -0.379 e. The van der Waals surface area contributed by atoms with Gasteiger partial charge in [-0.1, -0.05) is 0 Å². The van der Waals surface area contributed by atoms with E-state index in [9.17, 15) is 8.42 Å². The van der Waals surface area contributed by atoms with Crippen molar-refractivity contribution in [1.29, 1.82) is 0 Å². The molecule has 6 heteroatoms. The molecule has 0 unspecified atom stereocenters. The average molecular weight is 214 g/mol. The molecule has 1 N–H and O–H groups in total. The second kappa shape index (κ2) is 3.14. The van der Waals surface area contributed by atoms with Crippen LogP contribution in [0, 0.1) is 0 Å². The van der Waals surface area contributed by atoms with Gasteiger partial charge < -0.3 is 10.1 Å². The van der Waals surface area contributed by atoms with Crippen LogP contribution in [-0.2, 0) is 14.6 Å². The van der Waals surface area contributed by atoms with Gasteiger partial charge in [0.15, 0.2) is 9.84 Å². The van der Waals surface area contributed by atoms with Crippen LogP contribution in [0.3, 0.4) is 0 Å². The third-order valence-corrected chi connectivity index (χ3v) is 4.85. The molecule has 1 spiro atoms. The van der Waals surface area contributed by atoms with Gasteiger partial charge in [-0.3, -0.25) is 0 Å². The van der Waals surface area contributed by atoms with Crippen LogP contribution in [0.2, 0.25) is 0 Å². The molecule has 12 heavy (non-hydrogen) atoms. The van der Waals surface area contributed by atoms with Crippen molar-refractivity contribution in [2.45, 2.75) is 4.75 Å². The van der Waals surface area contributed by atoms with Crippen molar-refractivity contribution >= 4 is 22.2 Å². The smallest absolute Gasteiger partial charge is 0.163 e. The number of rotatable bonds is 0. The first-order valence-corrected chi connectivity index (χ1v) is 5.32. The number of ether oxygens (including phenoxy) is 1. The third-order valence-electron chi connectivity index (χ3n) is 2.42. The Hall–Kier alpha value is 0.160. The molecule has 0 aromatic carbocycles. The molecule has 0 amide bonds. The minimum absolute atomic E-state index is 0. The van der Waals surface area contributed by atoms with Crippen LogP contribution in [0.4, 0.5) is 0 Å². The average Bonchev–Trinajstić information content (AvgIpc) is 1.83. The van der Waals surface area contributed by atoms with Crippen molar-refractivity contribution in [3.8, 4) is 0 Å². The molecular weight excluding hydrogens is 202 g/mol. The first kappa shape index (κ1) is 10.2. The first-order chi connectivity index (χ1) is 5.16. The summed E-state index contributed by atoms with van der Waals surface area (Å²) >= 11 is 0. The number of nitrogens with one attached hydrogen (secondary N) is 1. The van der Waals surface area contributed by atoms with Crippen LogP contribution in [0.25, 0.3) is 0 Å². The highest BCUT2D eigenvalue weighted by Gasteiger charge is 2.50. The molecule has 2 aliphatic heterocycles. The van der Waals surface area contributed by atoms with Gasteiger partial charge in [0.25, 0.3) is 0 Å². The van der Waals surface area contributed by atoms with Crippen LogP contribution in [0.1, 0.15) is 0 Å². The zero-order chi connectivity index (χ0) is 7.95. The number of hydrogen-bond acceptors (Lipinski definition) is 4. The van der Waals surface area contributed by atoms with E-state index in [2.05, 4.69) is 5.32 Å². The summed E-state index contributed by atoms with van der Waals surface area (Å²) in [6.07, 6.45) is 0. The summed E-state index contributed by atoms with van der Waals surface area (Å²) in [6.45, 7) is 1.87. The molecule has 2 saturated heterocycles. The maximum absolute atomic E-state index is 11.5. The SMILES string of the molecule is Cl.O=S1(=O)CCOCC12CNC2. The molecule has 2 aliphatic rings. The van der Waals surface area contributed by atoms with E-state index in [4.69, 9.17) is 4.74 Å². The number of halogens is 1. The van der Waals surface area contributed by atoms with E-state index in [0.717, 1.165) is 0 Å². The maximum atomic E-state index is 11.5. The lowest BCUT2D eigenvalue weighted by Crippen LogP contribution is -2.68. The van der Waals surface area contributed by atoms with Crippen LogP contribution in [-0.4, -0.2) is 45.2 Å². The molecular formula is C6H12ClNO3S. The lowest BCUT2D eigenvalue weighted by molar-refractivity contribution is 0.0885. The highest BCUT2D eigenvalue weighted by atomic mass is 35.5. The summed E-state index contributed by atoms with van der Waals surface area (Å²) in [5, 5.41) is 2.97. The van der Waals surface area contributed by atoms with E-state index < -0.39 is 14.6 Å². The van der Waals surface area contributed by atoms with Gasteiger partial charge in [-0.2, -0.15) is 0 Å². The van der Waals surface area contributed by atoms with Crippen LogP contribution in [0.15, 0.2) is 0 Å². The van der Waals surface area contributed by atoms with E-state index >= 15 is 0 Å². The molecule has 0 saturated carbocycles. The Labute approximate surface area is 78.0 Å². The van der Waals surface area contributed by atoms with Gasteiger partial charge in [-0.05, 0) is 0 Å². The molecule has 2 rings (SSSR count). The van der Waals surface area contributed by atoms with Crippen LogP contribution < -0.4 is 5.32 Å². The molecule has 0 atom stereocenters. The quantitative estimate of drug-likeness (QED) is 0.572. The van der Waals surface area contributed by atoms with Crippen molar-refractivity contribution < 1.29 is 13.2 Å². The van der Waals surface area contributed by atoms with E-state index in [-0.39, 0.29) is 18.2 Å². The zero-order valence-corrected chi connectivity index (χ0v) is 8.21. The Balaban J connectivity index is 0.000000720. The Kier molecular flexibility index (Phi) is 2.68. The van der Waals surface area contributed by atoms with Gasteiger partial charge >= 0.3 is 0 Å². The Morgan fingerprint density at radius 2 is 2.00 bits per heavy atom. The Morgan fingerprint density at radius 1 is 1.33 bits per heavy atom. The van der Waals surface area contributed by atoms with Crippen molar-refractivity contribution in [3.63, 3.8) is 0 Å². The van der Waals surface area contributed by atoms with Gasteiger partial charge in [0.05, 0.1) is 19.0 Å². The Morgan fingerprint density at radius 3 is 2.33 bits per heavy atom. The van der Waals surface area contributed by atoms with E-state index in [0.29, 0.717) is 26.3 Å². The van der Waals surface area contributed by atoms with Gasteiger partial charge in [0.1, 0.15) is 4.75 Å². The molecule has 0 aromatic heterocycles. The van der Waals surface area contributed by atoms with Crippen molar-refractivity contribution in [2.75, 3.05) is 32.1 Å². The molecule has 0 radical (unpaired) electrons. The van der Waals surface area contributed by atoms with Gasteiger partial charge in [0.2, 0.25) is 0 Å². The minimum atomic E-state index is -2.87. The summed E-state index contributed by atoms with van der Waals surface area (Å²) in [7, 11) is -2.87. The third kappa shape index (κ3) is 1.25. The largest absolute Gasteiger partial charge is 0.379 e. The molecule has 2 heterocycles. The van der Waals surface area contributed by atoms with Crippen molar-refractivity contribution in [2.24, 2.45) is 0 Å². The monoisotopic (exact) mass is 213 g/mol. The fourth-order valence-electron chi connectivity index (χ4n) is 1.46. The molecule has 72 valence electrons. The molecule has 2 fully saturated rings. The van der Waals surface area contributed by atoms with E-state index in [1.54, 1.807) is 0 Å². The topological polar surface area (TPSA) is 55.4 Å².